The zero-order valence-electron chi connectivity index (χ0n) is 11.0. The lowest BCUT2D eigenvalue weighted by Gasteiger charge is -2.08. The van der Waals surface area contributed by atoms with Gasteiger partial charge in [-0.05, 0) is 36.4 Å². The molecule has 22 heavy (non-hydrogen) atoms. The van der Waals surface area contributed by atoms with E-state index in [1.165, 1.54) is 12.1 Å². The summed E-state index contributed by atoms with van der Waals surface area (Å²) in [6.45, 7) is 0. The molecule has 0 spiro atoms. The third-order valence-corrected chi connectivity index (χ3v) is 2.75. The van der Waals surface area contributed by atoms with Crippen LogP contribution in [0.4, 0.5) is 18.9 Å². The van der Waals surface area contributed by atoms with E-state index in [4.69, 9.17) is 5.73 Å². The summed E-state index contributed by atoms with van der Waals surface area (Å²) >= 11 is 0. The van der Waals surface area contributed by atoms with Gasteiger partial charge in [0, 0.05) is 11.9 Å². The Kier molecular flexibility index (Phi) is 4.11. The Morgan fingerprint density at radius 3 is 2.14 bits per heavy atom. The van der Waals surface area contributed by atoms with Crippen LogP contribution in [-0.2, 0) is 6.18 Å². The summed E-state index contributed by atoms with van der Waals surface area (Å²) in [7, 11) is 0. The fourth-order valence-electron chi connectivity index (χ4n) is 1.62. The average molecular weight is 309 g/mol. The Labute approximate surface area is 123 Å². The van der Waals surface area contributed by atoms with E-state index in [-0.39, 0.29) is 16.9 Å². The molecule has 0 saturated heterocycles. The van der Waals surface area contributed by atoms with Crippen molar-refractivity contribution < 1.29 is 22.8 Å². The van der Waals surface area contributed by atoms with Crippen LogP contribution < -0.4 is 11.1 Å². The van der Waals surface area contributed by atoms with Crippen molar-refractivity contribution in [2.75, 3.05) is 5.32 Å². The van der Waals surface area contributed by atoms with E-state index in [1.54, 1.807) is 0 Å². The quantitative estimate of drug-likeness (QED) is 0.913. The van der Waals surface area contributed by atoms with Crippen molar-refractivity contribution in [2.24, 2.45) is 5.73 Å². The van der Waals surface area contributed by atoms with Gasteiger partial charge in [-0.2, -0.15) is 13.2 Å². The van der Waals surface area contributed by atoms with E-state index in [0.717, 1.165) is 30.5 Å². The molecule has 1 aromatic carbocycles. The summed E-state index contributed by atoms with van der Waals surface area (Å²) in [4.78, 5) is 26.4. The van der Waals surface area contributed by atoms with Crippen LogP contribution in [0.3, 0.4) is 0 Å². The molecule has 114 valence electrons. The highest BCUT2D eigenvalue weighted by molar-refractivity contribution is 6.04. The molecule has 0 fully saturated rings. The van der Waals surface area contributed by atoms with Gasteiger partial charge in [0.1, 0.15) is 5.69 Å². The van der Waals surface area contributed by atoms with E-state index in [1.807, 2.05) is 0 Å². The van der Waals surface area contributed by atoms with Crippen molar-refractivity contribution in [2.45, 2.75) is 6.18 Å². The smallest absolute Gasteiger partial charge is 0.364 e. The van der Waals surface area contributed by atoms with Crippen molar-refractivity contribution in [3.05, 3.63) is 59.4 Å². The SMILES string of the molecule is NC(=O)c1ccc(C(=O)Nc2ccc(C(F)(F)F)cc2)cn1. The molecule has 0 aliphatic rings. The van der Waals surface area contributed by atoms with Crippen LogP contribution in [0.15, 0.2) is 42.6 Å². The molecule has 3 N–H and O–H groups in total. The number of carbonyl (C=O) groups excluding carboxylic acids is 2. The molecule has 2 amide bonds. The van der Waals surface area contributed by atoms with E-state index in [9.17, 15) is 22.8 Å². The van der Waals surface area contributed by atoms with Gasteiger partial charge in [0.25, 0.3) is 11.8 Å². The van der Waals surface area contributed by atoms with Crippen molar-refractivity contribution in [3.8, 4) is 0 Å². The van der Waals surface area contributed by atoms with Crippen LogP contribution in [0, 0.1) is 0 Å². The van der Waals surface area contributed by atoms with E-state index >= 15 is 0 Å². The topological polar surface area (TPSA) is 85.1 Å². The largest absolute Gasteiger partial charge is 0.416 e. The van der Waals surface area contributed by atoms with Crippen molar-refractivity contribution in [1.29, 1.82) is 0 Å². The first kappa shape index (κ1) is 15.5. The van der Waals surface area contributed by atoms with Gasteiger partial charge in [-0.3, -0.25) is 14.6 Å². The molecular formula is C14H10F3N3O2. The van der Waals surface area contributed by atoms with Crippen LogP contribution in [0.1, 0.15) is 26.4 Å². The normalized spacial score (nSPS) is 11.0. The lowest BCUT2D eigenvalue weighted by atomic mass is 10.2. The molecule has 5 nitrogen and oxygen atoms in total. The number of nitrogens with zero attached hydrogens (tertiary/aromatic N) is 1. The maximum absolute atomic E-state index is 12.4. The Hall–Kier alpha value is -2.90. The van der Waals surface area contributed by atoms with Crippen LogP contribution in [-0.4, -0.2) is 16.8 Å². The second-order valence-electron chi connectivity index (χ2n) is 4.33. The molecule has 0 aliphatic carbocycles. The van der Waals surface area contributed by atoms with Crippen molar-refractivity contribution in [3.63, 3.8) is 0 Å². The third kappa shape index (κ3) is 3.60. The molecule has 2 aromatic rings. The summed E-state index contributed by atoms with van der Waals surface area (Å²) < 4.78 is 37.3. The Morgan fingerprint density at radius 2 is 1.68 bits per heavy atom. The number of pyridine rings is 1. The first-order chi connectivity index (χ1) is 10.3. The number of primary amides is 1. The van der Waals surface area contributed by atoms with Crippen LogP contribution in [0.25, 0.3) is 0 Å². The molecule has 0 aliphatic heterocycles. The number of aromatic nitrogens is 1. The Morgan fingerprint density at radius 1 is 1.05 bits per heavy atom. The molecule has 0 atom stereocenters. The average Bonchev–Trinajstić information content (AvgIpc) is 2.47. The lowest BCUT2D eigenvalue weighted by molar-refractivity contribution is -0.137. The van der Waals surface area contributed by atoms with Gasteiger partial charge < -0.3 is 11.1 Å². The predicted octanol–water partition coefficient (Wildman–Crippen LogP) is 2.45. The van der Waals surface area contributed by atoms with Gasteiger partial charge in [0.05, 0.1) is 11.1 Å². The number of anilines is 1. The minimum atomic E-state index is -4.43. The van der Waals surface area contributed by atoms with Gasteiger partial charge in [0.15, 0.2) is 0 Å². The van der Waals surface area contributed by atoms with Gasteiger partial charge in [-0.25, -0.2) is 0 Å². The fraction of sp³-hybridized carbons (Fsp3) is 0.0714. The summed E-state index contributed by atoms with van der Waals surface area (Å²) in [5.74, 6) is -1.29. The number of hydrogen-bond donors (Lipinski definition) is 2. The number of hydrogen-bond acceptors (Lipinski definition) is 3. The highest BCUT2D eigenvalue weighted by atomic mass is 19.4. The van der Waals surface area contributed by atoms with Gasteiger partial charge >= 0.3 is 6.18 Å². The van der Waals surface area contributed by atoms with Crippen molar-refractivity contribution in [1.82, 2.24) is 4.98 Å². The number of amides is 2. The molecule has 0 saturated carbocycles. The van der Waals surface area contributed by atoms with Crippen molar-refractivity contribution >= 4 is 17.5 Å². The van der Waals surface area contributed by atoms with Crippen LogP contribution in [0.2, 0.25) is 0 Å². The highest BCUT2D eigenvalue weighted by Crippen LogP contribution is 2.29. The van der Waals surface area contributed by atoms with Gasteiger partial charge in [-0.1, -0.05) is 0 Å². The first-order valence-corrected chi connectivity index (χ1v) is 6.02. The summed E-state index contributed by atoms with van der Waals surface area (Å²) in [5.41, 5.74) is 4.57. The molecule has 0 unspecified atom stereocenters. The van der Waals surface area contributed by atoms with E-state index < -0.39 is 23.6 Å². The maximum atomic E-state index is 12.4. The number of alkyl halides is 3. The molecule has 1 heterocycles. The number of nitrogens with two attached hydrogens (primary N) is 1. The third-order valence-electron chi connectivity index (χ3n) is 2.75. The minimum absolute atomic E-state index is 0.00563. The standard InChI is InChI=1S/C14H10F3N3O2/c15-14(16,17)9-2-4-10(5-3-9)20-13(22)8-1-6-11(12(18)21)19-7-8/h1-7H,(H2,18,21)(H,20,22). The molecule has 1 aromatic heterocycles. The van der Waals surface area contributed by atoms with Crippen LogP contribution in [0.5, 0.6) is 0 Å². The zero-order chi connectivity index (χ0) is 16.3. The van der Waals surface area contributed by atoms with Gasteiger partial charge in [-0.15, -0.1) is 0 Å². The number of carbonyl (C=O) groups is 2. The predicted molar refractivity (Wildman–Crippen MR) is 72.2 cm³/mol. The molecule has 2 rings (SSSR count). The summed E-state index contributed by atoms with van der Waals surface area (Å²) in [5, 5.41) is 2.42. The Bertz CT molecular complexity index is 695. The second-order valence-corrected chi connectivity index (χ2v) is 4.33. The first-order valence-electron chi connectivity index (χ1n) is 6.02. The molecule has 8 heteroatoms. The number of nitrogens with one attached hydrogen (secondary N) is 1. The summed E-state index contributed by atoms with van der Waals surface area (Å²) in [6, 6.07) is 6.64. The highest BCUT2D eigenvalue weighted by Gasteiger charge is 2.29. The monoisotopic (exact) mass is 309 g/mol. The number of benzene rings is 1. The minimum Gasteiger partial charge on any atom is -0.364 e. The molecule has 0 bridgehead atoms. The molecule has 0 radical (unpaired) electrons. The van der Waals surface area contributed by atoms with Crippen LogP contribution >= 0.6 is 0 Å². The summed E-state index contributed by atoms with van der Waals surface area (Å²) in [6.07, 6.45) is -3.28. The fourth-order valence-corrected chi connectivity index (χ4v) is 1.62. The zero-order valence-corrected chi connectivity index (χ0v) is 11.0. The second kappa shape index (κ2) is 5.84. The van der Waals surface area contributed by atoms with E-state index in [0.29, 0.717) is 0 Å². The van der Waals surface area contributed by atoms with E-state index in [2.05, 4.69) is 10.3 Å². The number of halogens is 3. The lowest BCUT2D eigenvalue weighted by Crippen LogP contribution is -2.16. The maximum Gasteiger partial charge on any atom is 0.416 e. The Balaban J connectivity index is 2.10. The number of rotatable bonds is 3. The van der Waals surface area contributed by atoms with Gasteiger partial charge in [0.2, 0.25) is 0 Å². The molecular weight excluding hydrogens is 299 g/mol.